The molecule has 0 aliphatic rings. The molecule has 0 aliphatic carbocycles. The van der Waals surface area contributed by atoms with E-state index in [1.165, 1.54) is 0 Å². The van der Waals surface area contributed by atoms with Crippen LogP contribution in [0.1, 0.15) is 16.7 Å². The van der Waals surface area contributed by atoms with Gasteiger partial charge in [-0.3, -0.25) is 0 Å². The molecule has 112 valence electrons. The second-order valence-corrected chi connectivity index (χ2v) is 6.97. The predicted octanol–water partition coefficient (Wildman–Crippen LogP) is 2.42. The largest absolute Gasteiger partial charge is 0.326 e. The van der Waals surface area contributed by atoms with E-state index in [4.69, 9.17) is 17.3 Å². The molecule has 0 unspecified atom stereocenters. The van der Waals surface area contributed by atoms with E-state index in [9.17, 15) is 8.42 Å². The van der Waals surface area contributed by atoms with Crippen LogP contribution >= 0.6 is 11.6 Å². The molecule has 0 atom stereocenters. The Bertz CT molecular complexity index is 700. The topological polar surface area (TPSA) is 72.2 Å². The predicted molar refractivity (Wildman–Crippen MR) is 85.2 cm³/mol. The third-order valence-corrected chi connectivity index (χ3v) is 4.53. The Morgan fingerprint density at radius 2 is 1.67 bits per heavy atom. The van der Waals surface area contributed by atoms with E-state index in [1.807, 2.05) is 18.2 Å². The molecule has 2 aromatic carbocycles. The average molecular weight is 325 g/mol. The number of hydrogen-bond acceptors (Lipinski definition) is 3. The Morgan fingerprint density at radius 1 is 1.00 bits per heavy atom. The second-order valence-electron chi connectivity index (χ2n) is 4.73. The molecule has 0 fully saturated rings. The monoisotopic (exact) mass is 324 g/mol. The first-order chi connectivity index (χ1) is 9.98. The fourth-order valence-corrected chi connectivity index (χ4v) is 3.22. The third-order valence-electron chi connectivity index (χ3n) is 3.00. The summed E-state index contributed by atoms with van der Waals surface area (Å²) in [7, 11) is -3.39. The van der Waals surface area contributed by atoms with Crippen molar-refractivity contribution < 1.29 is 8.42 Å². The zero-order valence-electron chi connectivity index (χ0n) is 11.4. The number of rotatable bonds is 6. The smallest absolute Gasteiger partial charge is 0.216 e. The van der Waals surface area contributed by atoms with Gasteiger partial charge in [0.25, 0.3) is 0 Å². The number of nitrogens with two attached hydrogens (primary N) is 1. The fraction of sp³-hybridized carbons (Fsp3) is 0.200. The number of hydrogen-bond donors (Lipinski definition) is 2. The van der Waals surface area contributed by atoms with Gasteiger partial charge in [0.15, 0.2) is 0 Å². The van der Waals surface area contributed by atoms with Crippen LogP contribution in [0.3, 0.4) is 0 Å². The zero-order valence-corrected chi connectivity index (χ0v) is 13.0. The molecular formula is C15H17ClN2O2S. The van der Waals surface area contributed by atoms with Gasteiger partial charge in [-0.05, 0) is 28.8 Å². The van der Waals surface area contributed by atoms with Crippen molar-refractivity contribution in [3.8, 4) is 0 Å². The molecule has 2 aromatic rings. The van der Waals surface area contributed by atoms with Gasteiger partial charge in [-0.2, -0.15) is 0 Å². The molecule has 0 saturated heterocycles. The molecule has 21 heavy (non-hydrogen) atoms. The minimum atomic E-state index is -3.39. The highest BCUT2D eigenvalue weighted by molar-refractivity contribution is 7.88. The Labute approximate surface area is 130 Å². The van der Waals surface area contributed by atoms with E-state index < -0.39 is 10.0 Å². The Morgan fingerprint density at radius 3 is 2.29 bits per heavy atom. The van der Waals surface area contributed by atoms with Gasteiger partial charge < -0.3 is 5.73 Å². The number of benzene rings is 2. The maximum absolute atomic E-state index is 12.0. The maximum Gasteiger partial charge on any atom is 0.216 e. The third kappa shape index (κ3) is 5.13. The van der Waals surface area contributed by atoms with Crippen LogP contribution in [0.4, 0.5) is 0 Å². The quantitative estimate of drug-likeness (QED) is 0.857. The molecule has 0 aromatic heterocycles. The van der Waals surface area contributed by atoms with E-state index in [1.54, 1.807) is 30.3 Å². The van der Waals surface area contributed by atoms with Crippen LogP contribution in [0.5, 0.6) is 0 Å². The summed E-state index contributed by atoms with van der Waals surface area (Å²) in [5, 5.41) is 0.587. The van der Waals surface area contributed by atoms with Crippen LogP contribution in [0, 0.1) is 0 Å². The lowest BCUT2D eigenvalue weighted by Crippen LogP contribution is -2.24. The van der Waals surface area contributed by atoms with Gasteiger partial charge >= 0.3 is 0 Å². The van der Waals surface area contributed by atoms with Crippen LogP contribution in [-0.4, -0.2) is 8.42 Å². The van der Waals surface area contributed by atoms with Crippen molar-refractivity contribution in [1.82, 2.24) is 4.72 Å². The van der Waals surface area contributed by atoms with Crippen LogP contribution in [-0.2, 0) is 28.9 Å². The molecule has 0 radical (unpaired) electrons. The summed E-state index contributed by atoms with van der Waals surface area (Å²) in [5.41, 5.74) is 8.04. The van der Waals surface area contributed by atoms with Gasteiger partial charge in [0, 0.05) is 18.1 Å². The SMILES string of the molecule is NCc1ccc(CS(=O)(=O)NCc2cccc(Cl)c2)cc1. The Hall–Kier alpha value is -1.40. The molecule has 6 heteroatoms. The fourth-order valence-electron chi connectivity index (χ4n) is 1.88. The molecule has 4 nitrogen and oxygen atoms in total. The minimum Gasteiger partial charge on any atom is -0.326 e. The standard InChI is InChI=1S/C15H17ClN2O2S/c16-15-3-1-2-14(8-15)10-18-21(19,20)11-13-6-4-12(9-17)5-7-13/h1-8,18H,9-11,17H2. The van der Waals surface area contributed by atoms with Gasteiger partial charge in [-0.25, -0.2) is 13.1 Å². The number of sulfonamides is 1. The van der Waals surface area contributed by atoms with Crippen molar-refractivity contribution in [1.29, 1.82) is 0 Å². The molecule has 0 saturated carbocycles. The lowest BCUT2D eigenvalue weighted by molar-refractivity contribution is 0.580. The normalized spacial score (nSPS) is 11.5. The van der Waals surface area contributed by atoms with E-state index in [0.29, 0.717) is 11.6 Å². The van der Waals surface area contributed by atoms with Crippen molar-refractivity contribution in [3.05, 3.63) is 70.2 Å². The van der Waals surface area contributed by atoms with Crippen LogP contribution in [0.2, 0.25) is 5.02 Å². The van der Waals surface area contributed by atoms with E-state index >= 15 is 0 Å². The highest BCUT2D eigenvalue weighted by atomic mass is 35.5. The first-order valence-electron chi connectivity index (χ1n) is 6.48. The summed E-state index contributed by atoms with van der Waals surface area (Å²) in [4.78, 5) is 0. The number of halogens is 1. The summed E-state index contributed by atoms with van der Waals surface area (Å²) in [6.45, 7) is 0.670. The van der Waals surface area contributed by atoms with Gasteiger partial charge in [0.05, 0.1) is 5.75 Å². The lowest BCUT2D eigenvalue weighted by Gasteiger charge is -2.08. The summed E-state index contributed by atoms with van der Waals surface area (Å²) in [6, 6.07) is 14.3. The summed E-state index contributed by atoms with van der Waals surface area (Å²) in [6.07, 6.45) is 0. The van der Waals surface area contributed by atoms with E-state index in [2.05, 4.69) is 4.72 Å². The molecule has 0 aliphatic heterocycles. The minimum absolute atomic E-state index is 0.0571. The van der Waals surface area contributed by atoms with Crippen LogP contribution in [0.15, 0.2) is 48.5 Å². The van der Waals surface area contributed by atoms with Crippen molar-refractivity contribution in [3.63, 3.8) is 0 Å². The average Bonchev–Trinajstić information content (AvgIpc) is 2.46. The second kappa shape index (κ2) is 7.04. The van der Waals surface area contributed by atoms with Gasteiger partial charge in [-0.15, -0.1) is 0 Å². The molecule has 0 heterocycles. The highest BCUT2D eigenvalue weighted by Gasteiger charge is 2.11. The Kier molecular flexibility index (Phi) is 5.36. The van der Waals surface area contributed by atoms with Crippen molar-refractivity contribution in [2.45, 2.75) is 18.8 Å². The summed E-state index contributed by atoms with van der Waals surface area (Å²) >= 11 is 5.87. The summed E-state index contributed by atoms with van der Waals surface area (Å²) < 4.78 is 26.7. The zero-order chi connectivity index (χ0) is 15.3. The van der Waals surface area contributed by atoms with Crippen molar-refractivity contribution >= 4 is 21.6 Å². The molecule has 0 spiro atoms. The van der Waals surface area contributed by atoms with Crippen LogP contribution in [0.25, 0.3) is 0 Å². The first kappa shape index (κ1) is 16.0. The van der Waals surface area contributed by atoms with Gasteiger partial charge in [-0.1, -0.05) is 48.0 Å². The van der Waals surface area contributed by atoms with Gasteiger partial charge in [0.2, 0.25) is 10.0 Å². The maximum atomic E-state index is 12.0. The number of nitrogens with one attached hydrogen (secondary N) is 1. The molecule has 0 amide bonds. The summed E-state index contributed by atoms with van der Waals surface area (Å²) in [5.74, 6) is -0.0571. The molecule has 3 N–H and O–H groups in total. The van der Waals surface area contributed by atoms with Gasteiger partial charge in [0.1, 0.15) is 0 Å². The Balaban J connectivity index is 1.98. The molecule has 2 rings (SSSR count). The molecule has 0 bridgehead atoms. The molecular weight excluding hydrogens is 308 g/mol. The van der Waals surface area contributed by atoms with Crippen molar-refractivity contribution in [2.24, 2.45) is 5.73 Å². The highest BCUT2D eigenvalue weighted by Crippen LogP contribution is 2.12. The van der Waals surface area contributed by atoms with Crippen LogP contribution < -0.4 is 10.5 Å². The lowest BCUT2D eigenvalue weighted by atomic mass is 10.1. The van der Waals surface area contributed by atoms with Crippen molar-refractivity contribution in [2.75, 3.05) is 0 Å². The van der Waals surface area contributed by atoms with E-state index in [-0.39, 0.29) is 12.3 Å². The first-order valence-corrected chi connectivity index (χ1v) is 8.51. The van der Waals surface area contributed by atoms with E-state index in [0.717, 1.165) is 16.7 Å².